The van der Waals surface area contributed by atoms with Crippen LogP contribution in [0.1, 0.15) is 49.2 Å². The molecule has 1 aromatic heterocycles. The van der Waals surface area contributed by atoms with Gasteiger partial charge in [0.1, 0.15) is 11.5 Å². The van der Waals surface area contributed by atoms with Crippen molar-refractivity contribution in [2.24, 2.45) is 0 Å². The molecule has 29 heavy (non-hydrogen) atoms. The Kier molecular flexibility index (Phi) is 6.81. The molecule has 3 aromatic rings. The Labute approximate surface area is 172 Å². The largest absolute Gasteiger partial charge is 0.497 e. The number of rotatable bonds is 9. The molecule has 154 valence electrons. The molecular weight excluding hydrogens is 366 g/mol. The van der Waals surface area contributed by atoms with Crippen molar-refractivity contribution in [1.29, 1.82) is 0 Å². The first-order chi connectivity index (χ1) is 14.1. The fraction of sp³-hybridized carbons (Fsp3) is 0.375. The molecule has 5 heteroatoms. The summed E-state index contributed by atoms with van der Waals surface area (Å²) >= 11 is 0. The van der Waals surface area contributed by atoms with Crippen LogP contribution in [0.3, 0.4) is 0 Å². The number of esters is 1. The van der Waals surface area contributed by atoms with Crippen LogP contribution in [0.4, 0.5) is 0 Å². The van der Waals surface area contributed by atoms with Gasteiger partial charge in [-0.3, -0.25) is 0 Å². The lowest BCUT2D eigenvalue weighted by Gasteiger charge is -2.10. The van der Waals surface area contributed by atoms with Crippen molar-refractivity contribution >= 4 is 16.9 Å². The smallest absolute Gasteiger partial charge is 0.340 e. The minimum absolute atomic E-state index is 0.314. The van der Waals surface area contributed by atoms with Crippen molar-refractivity contribution in [3.63, 3.8) is 0 Å². The first kappa shape index (κ1) is 20.8. The van der Waals surface area contributed by atoms with E-state index in [1.54, 1.807) is 7.11 Å². The van der Waals surface area contributed by atoms with Crippen LogP contribution in [-0.2, 0) is 4.74 Å². The van der Waals surface area contributed by atoms with Crippen LogP contribution in [-0.4, -0.2) is 30.9 Å². The highest BCUT2D eigenvalue weighted by Crippen LogP contribution is 2.33. The van der Waals surface area contributed by atoms with E-state index >= 15 is 0 Å². The van der Waals surface area contributed by atoms with Crippen molar-refractivity contribution in [3.05, 3.63) is 53.7 Å². The number of unbranched alkanes of at least 4 members (excludes halogenated alkanes) is 2. The Balaban J connectivity index is 2.08. The molecule has 3 rings (SSSR count). The Morgan fingerprint density at radius 3 is 2.38 bits per heavy atom. The monoisotopic (exact) mass is 395 g/mol. The lowest BCUT2D eigenvalue weighted by Crippen LogP contribution is -2.07. The van der Waals surface area contributed by atoms with Gasteiger partial charge in [0.25, 0.3) is 0 Å². The number of ether oxygens (including phenoxy) is 3. The summed E-state index contributed by atoms with van der Waals surface area (Å²) in [7, 11) is 1.65. The minimum atomic E-state index is -0.314. The second-order valence-electron chi connectivity index (χ2n) is 6.95. The summed E-state index contributed by atoms with van der Waals surface area (Å²) in [6.07, 6.45) is 3.31. The maximum atomic E-state index is 12.7. The van der Waals surface area contributed by atoms with Crippen molar-refractivity contribution in [1.82, 2.24) is 4.57 Å². The van der Waals surface area contributed by atoms with Gasteiger partial charge in [-0.05, 0) is 62.7 Å². The van der Waals surface area contributed by atoms with E-state index in [1.165, 1.54) is 0 Å². The molecule has 0 atom stereocenters. The summed E-state index contributed by atoms with van der Waals surface area (Å²) in [5, 5.41) is 0.838. The van der Waals surface area contributed by atoms with Gasteiger partial charge >= 0.3 is 5.97 Å². The molecule has 0 spiro atoms. The van der Waals surface area contributed by atoms with Crippen LogP contribution in [0.15, 0.2) is 42.5 Å². The predicted molar refractivity (Wildman–Crippen MR) is 116 cm³/mol. The summed E-state index contributed by atoms with van der Waals surface area (Å²) in [4.78, 5) is 12.7. The third-order valence-electron chi connectivity index (χ3n) is 5.00. The highest BCUT2D eigenvalue weighted by Gasteiger charge is 2.22. The molecule has 2 aromatic carbocycles. The average Bonchev–Trinajstić information content (AvgIpc) is 3.02. The van der Waals surface area contributed by atoms with Gasteiger partial charge in [0.05, 0.1) is 31.4 Å². The zero-order valence-corrected chi connectivity index (χ0v) is 17.7. The predicted octanol–water partition coefficient (Wildman–Crippen LogP) is 5.69. The van der Waals surface area contributed by atoms with Gasteiger partial charge in [0.15, 0.2) is 0 Å². The zero-order valence-electron chi connectivity index (χ0n) is 17.7. The quantitative estimate of drug-likeness (QED) is 0.345. The highest BCUT2D eigenvalue weighted by atomic mass is 16.5. The molecule has 0 fully saturated rings. The Bertz CT molecular complexity index is 973. The van der Waals surface area contributed by atoms with E-state index in [9.17, 15) is 4.79 Å². The molecule has 0 saturated carbocycles. The van der Waals surface area contributed by atoms with E-state index in [1.807, 2.05) is 56.3 Å². The molecule has 0 radical (unpaired) electrons. The van der Waals surface area contributed by atoms with Crippen molar-refractivity contribution in [3.8, 4) is 17.2 Å². The van der Waals surface area contributed by atoms with Crippen LogP contribution < -0.4 is 9.47 Å². The first-order valence-corrected chi connectivity index (χ1v) is 10.2. The molecule has 5 nitrogen and oxygen atoms in total. The lowest BCUT2D eigenvalue weighted by molar-refractivity contribution is 0.0527. The van der Waals surface area contributed by atoms with Crippen LogP contribution in [0, 0.1) is 6.92 Å². The average molecular weight is 395 g/mol. The summed E-state index contributed by atoms with van der Waals surface area (Å²) in [5.74, 6) is 1.24. The zero-order chi connectivity index (χ0) is 20.8. The normalized spacial score (nSPS) is 10.9. The van der Waals surface area contributed by atoms with Gasteiger partial charge in [0, 0.05) is 16.8 Å². The molecule has 0 bridgehead atoms. The van der Waals surface area contributed by atoms with Crippen molar-refractivity contribution in [2.75, 3.05) is 20.3 Å². The number of benzene rings is 2. The molecule has 0 aliphatic heterocycles. The van der Waals surface area contributed by atoms with Crippen LogP contribution in [0.5, 0.6) is 11.5 Å². The number of aromatic nitrogens is 1. The third-order valence-corrected chi connectivity index (χ3v) is 5.00. The number of hydrogen-bond acceptors (Lipinski definition) is 4. The van der Waals surface area contributed by atoms with E-state index in [4.69, 9.17) is 14.2 Å². The third kappa shape index (κ3) is 4.39. The molecular formula is C24H29NO4. The number of carbonyl (C=O) groups excluding carboxylic acids is 1. The van der Waals surface area contributed by atoms with Crippen LogP contribution in [0.25, 0.3) is 16.6 Å². The Morgan fingerprint density at radius 1 is 1.00 bits per heavy atom. The van der Waals surface area contributed by atoms with Crippen LogP contribution >= 0.6 is 0 Å². The fourth-order valence-corrected chi connectivity index (χ4v) is 3.55. The maximum absolute atomic E-state index is 12.7. The highest BCUT2D eigenvalue weighted by molar-refractivity contribution is 6.07. The lowest BCUT2D eigenvalue weighted by atomic mass is 10.1. The second-order valence-corrected chi connectivity index (χ2v) is 6.95. The maximum Gasteiger partial charge on any atom is 0.340 e. The Morgan fingerprint density at radius 2 is 1.72 bits per heavy atom. The summed E-state index contributed by atoms with van der Waals surface area (Å²) in [6.45, 7) is 6.94. The molecule has 0 amide bonds. The van der Waals surface area contributed by atoms with Gasteiger partial charge in [-0.25, -0.2) is 4.79 Å². The fourth-order valence-electron chi connectivity index (χ4n) is 3.55. The number of hydrogen-bond donors (Lipinski definition) is 0. The standard InChI is InChI=1S/C24H29NO4/c1-5-7-8-15-29-20-13-14-22-21(16-20)23(24(26)28-6-2)17(3)25(22)18-9-11-19(27-4)12-10-18/h9-14,16H,5-8,15H2,1-4H3. The number of fused-ring (bicyclic) bond motifs is 1. The molecule has 0 N–H and O–H groups in total. The van der Waals surface area contributed by atoms with Gasteiger partial charge < -0.3 is 18.8 Å². The summed E-state index contributed by atoms with van der Waals surface area (Å²) in [6, 6.07) is 13.7. The van der Waals surface area contributed by atoms with E-state index < -0.39 is 0 Å². The molecule has 1 heterocycles. The SMILES string of the molecule is CCCCCOc1ccc2c(c1)c(C(=O)OCC)c(C)n2-c1ccc(OC)cc1. The molecule has 0 aliphatic carbocycles. The minimum Gasteiger partial charge on any atom is -0.497 e. The topological polar surface area (TPSA) is 49.7 Å². The van der Waals surface area contributed by atoms with E-state index in [2.05, 4.69) is 11.5 Å². The van der Waals surface area contributed by atoms with E-state index in [0.717, 1.165) is 53.0 Å². The number of carbonyl (C=O) groups is 1. The van der Waals surface area contributed by atoms with E-state index in [0.29, 0.717) is 18.8 Å². The van der Waals surface area contributed by atoms with Gasteiger partial charge in [-0.15, -0.1) is 0 Å². The first-order valence-electron chi connectivity index (χ1n) is 10.2. The molecule has 0 aliphatic rings. The van der Waals surface area contributed by atoms with Crippen molar-refractivity contribution < 1.29 is 19.0 Å². The molecule has 0 unspecified atom stereocenters. The Hall–Kier alpha value is -2.95. The van der Waals surface area contributed by atoms with Gasteiger partial charge in [-0.2, -0.15) is 0 Å². The summed E-state index contributed by atoms with van der Waals surface area (Å²) in [5.41, 5.74) is 3.32. The molecule has 0 saturated heterocycles. The van der Waals surface area contributed by atoms with Gasteiger partial charge in [0.2, 0.25) is 0 Å². The van der Waals surface area contributed by atoms with Gasteiger partial charge in [-0.1, -0.05) is 19.8 Å². The van der Waals surface area contributed by atoms with Crippen LogP contribution in [0.2, 0.25) is 0 Å². The number of methoxy groups -OCH3 is 1. The van der Waals surface area contributed by atoms with E-state index in [-0.39, 0.29) is 5.97 Å². The number of nitrogens with zero attached hydrogens (tertiary/aromatic N) is 1. The van der Waals surface area contributed by atoms with Crippen molar-refractivity contribution in [2.45, 2.75) is 40.0 Å². The second kappa shape index (κ2) is 9.50. The summed E-state index contributed by atoms with van der Waals surface area (Å²) < 4.78 is 18.6.